The highest BCUT2D eigenvalue weighted by atomic mass is 16.5. The summed E-state index contributed by atoms with van der Waals surface area (Å²) < 4.78 is 5.83. The fraction of sp³-hybridized carbons (Fsp3) is 0.941. The van der Waals surface area contributed by atoms with Crippen LogP contribution in [0.5, 0.6) is 0 Å². The molecule has 0 saturated carbocycles. The Morgan fingerprint density at radius 3 is 2.62 bits per heavy atom. The fourth-order valence-electron chi connectivity index (χ4n) is 2.78. The average Bonchev–Trinajstić information content (AvgIpc) is 2.36. The van der Waals surface area contributed by atoms with E-state index >= 15 is 0 Å². The molecule has 0 aromatic rings. The lowest BCUT2D eigenvalue weighted by Crippen LogP contribution is -2.49. The smallest absolute Gasteiger partial charge is 0.227 e. The van der Waals surface area contributed by atoms with E-state index in [9.17, 15) is 4.79 Å². The average molecular weight is 298 g/mol. The summed E-state index contributed by atoms with van der Waals surface area (Å²) in [5.74, 6) is 0.959. The zero-order valence-corrected chi connectivity index (χ0v) is 14.8. The minimum Gasteiger partial charge on any atom is -0.374 e. The van der Waals surface area contributed by atoms with Crippen LogP contribution in [0.1, 0.15) is 47.5 Å². The van der Waals surface area contributed by atoms with Crippen LogP contribution in [0.2, 0.25) is 0 Å². The monoisotopic (exact) mass is 298 g/mol. The Bertz CT molecular complexity index is 323. The Kier molecular flexibility index (Phi) is 7.14. The van der Waals surface area contributed by atoms with E-state index in [4.69, 9.17) is 4.74 Å². The van der Waals surface area contributed by atoms with E-state index in [-0.39, 0.29) is 17.4 Å². The van der Waals surface area contributed by atoms with Gasteiger partial charge in [-0.05, 0) is 25.3 Å². The van der Waals surface area contributed by atoms with Crippen molar-refractivity contribution in [1.29, 1.82) is 0 Å². The second-order valence-corrected chi connectivity index (χ2v) is 7.77. The van der Waals surface area contributed by atoms with Crippen LogP contribution in [0.4, 0.5) is 0 Å². The van der Waals surface area contributed by atoms with Gasteiger partial charge < -0.3 is 9.64 Å². The van der Waals surface area contributed by atoms with Gasteiger partial charge in [0.05, 0.1) is 12.7 Å². The van der Waals surface area contributed by atoms with Crippen molar-refractivity contribution in [2.75, 3.05) is 39.8 Å². The second-order valence-electron chi connectivity index (χ2n) is 7.77. The maximum atomic E-state index is 12.2. The van der Waals surface area contributed by atoms with Crippen LogP contribution in [-0.4, -0.2) is 61.6 Å². The molecule has 1 fully saturated rings. The van der Waals surface area contributed by atoms with Crippen molar-refractivity contribution in [1.82, 2.24) is 9.80 Å². The van der Waals surface area contributed by atoms with Gasteiger partial charge in [-0.1, -0.05) is 34.6 Å². The third kappa shape index (κ3) is 6.79. The van der Waals surface area contributed by atoms with Crippen LogP contribution >= 0.6 is 0 Å². The first-order chi connectivity index (χ1) is 9.70. The standard InChI is InChI=1S/C17H34N2O2/c1-14(2)8-7-9-19-10-11-21-15(13-19)12-18(6)16(20)17(3,4)5/h14-15H,7-13H2,1-6H3/t15-/m0/s1. The molecular weight excluding hydrogens is 264 g/mol. The number of nitrogens with zero attached hydrogens (tertiary/aromatic N) is 2. The summed E-state index contributed by atoms with van der Waals surface area (Å²) in [6.07, 6.45) is 2.68. The summed E-state index contributed by atoms with van der Waals surface area (Å²) in [5, 5.41) is 0. The molecule has 4 heteroatoms. The highest BCUT2D eigenvalue weighted by molar-refractivity contribution is 5.81. The van der Waals surface area contributed by atoms with Gasteiger partial charge in [0.2, 0.25) is 5.91 Å². The van der Waals surface area contributed by atoms with Crippen molar-refractivity contribution in [3.05, 3.63) is 0 Å². The molecule has 1 aliphatic heterocycles. The molecule has 0 unspecified atom stereocenters. The lowest BCUT2D eigenvalue weighted by atomic mass is 9.95. The minimum absolute atomic E-state index is 0.147. The Morgan fingerprint density at radius 2 is 2.05 bits per heavy atom. The highest BCUT2D eigenvalue weighted by Gasteiger charge is 2.28. The molecule has 0 N–H and O–H groups in total. The molecular formula is C17H34N2O2. The van der Waals surface area contributed by atoms with Gasteiger partial charge in [0.15, 0.2) is 0 Å². The summed E-state index contributed by atoms with van der Waals surface area (Å²) in [7, 11) is 1.88. The highest BCUT2D eigenvalue weighted by Crippen LogP contribution is 2.17. The molecule has 1 amide bonds. The number of hydrogen-bond acceptors (Lipinski definition) is 3. The molecule has 1 heterocycles. The quantitative estimate of drug-likeness (QED) is 0.756. The molecule has 21 heavy (non-hydrogen) atoms. The largest absolute Gasteiger partial charge is 0.374 e. The Balaban J connectivity index is 2.37. The van der Waals surface area contributed by atoms with E-state index < -0.39 is 0 Å². The van der Waals surface area contributed by atoms with Crippen LogP contribution in [0, 0.1) is 11.3 Å². The summed E-state index contributed by atoms with van der Waals surface area (Å²) in [6, 6.07) is 0. The second kappa shape index (κ2) is 8.14. The molecule has 0 radical (unpaired) electrons. The Morgan fingerprint density at radius 1 is 1.38 bits per heavy atom. The van der Waals surface area contributed by atoms with E-state index in [1.54, 1.807) is 0 Å². The number of hydrogen-bond donors (Lipinski definition) is 0. The molecule has 1 atom stereocenters. The molecule has 1 rings (SSSR count). The maximum Gasteiger partial charge on any atom is 0.227 e. The van der Waals surface area contributed by atoms with E-state index in [1.807, 2.05) is 32.7 Å². The molecule has 0 aliphatic carbocycles. The normalized spacial score (nSPS) is 20.8. The van der Waals surface area contributed by atoms with Crippen LogP contribution in [-0.2, 0) is 9.53 Å². The van der Waals surface area contributed by atoms with Crippen LogP contribution < -0.4 is 0 Å². The van der Waals surface area contributed by atoms with Crippen molar-refractivity contribution in [2.45, 2.75) is 53.6 Å². The minimum atomic E-state index is -0.319. The van der Waals surface area contributed by atoms with Gasteiger partial charge in [-0.25, -0.2) is 0 Å². The van der Waals surface area contributed by atoms with E-state index in [0.717, 1.165) is 32.2 Å². The van der Waals surface area contributed by atoms with Crippen LogP contribution in [0.3, 0.4) is 0 Å². The van der Waals surface area contributed by atoms with Gasteiger partial charge >= 0.3 is 0 Å². The number of rotatable bonds is 6. The number of ether oxygens (including phenoxy) is 1. The molecule has 0 aromatic heterocycles. The van der Waals surface area contributed by atoms with Crippen molar-refractivity contribution >= 4 is 5.91 Å². The molecule has 1 aliphatic rings. The fourth-order valence-corrected chi connectivity index (χ4v) is 2.78. The molecule has 0 spiro atoms. The van der Waals surface area contributed by atoms with Gasteiger partial charge in [0.1, 0.15) is 0 Å². The predicted molar refractivity (Wildman–Crippen MR) is 87.3 cm³/mol. The SMILES string of the molecule is CC(C)CCCN1CCO[C@@H](CN(C)C(=O)C(C)(C)C)C1. The summed E-state index contributed by atoms with van der Waals surface area (Å²) >= 11 is 0. The molecule has 1 saturated heterocycles. The first kappa shape index (κ1) is 18.4. The zero-order chi connectivity index (χ0) is 16.0. The Labute approximate surface area is 130 Å². The summed E-state index contributed by atoms with van der Waals surface area (Å²) in [5.41, 5.74) is -0.319. The topological polar surface area (TPSA) is 32.8 Å². The predicted octanol–water partition coefficient (Wildman–Crippen LogP) is 2.63. The zero-order valence-electron chi connectivity index (χ0n) is 14.8. The molecule has 0 bridgehead atoms. The van der Waals surface area contributed by atoms with E-state index in [2.05, 4.69) is 18.7 Å². The molecule has 124 valence electrons. The number of amides is 1. The number of carbonyl (C=O) groups excluding carboxylic acids is 1. The van der Waals surface area contributed by atoms with Gasteiger partial charge in [-0.3, -0.25) is 9.69 Å². The van der Waals surface area contributed by atoms with Crippen LogP contribution in [0.25, 0.3) is 0 Å². The number of carbonyl (C=O) groups is 1. The third-order valence-corrected chi connectivity index (χ3v) is 3.94. The van der Waals surface area contributed by atoms with Gasteiger partial charge in [-0.2, -0.15) is 0 Å². The van der Waals surface area contributed by atoms with Crippen molar-refractivity contribution in [2.24, 2.45) is 11.3 Å². The van der Waals surface area contributed by atoms with Crippen molar-refractivity contribution < 1.29 is 9.53 Å². The first-order valence-electron chi connectivity index (χ1n) is 8.29. The van der Waals surface area contributed by atoms with Gasteiger partial charge in [-0.15, -0.1) is 0 Å². The Hall–Kier alpha value is -0.610. The number of likely N-dealkylation sites (N-methyl/N-ethyl adjacent to an activating group) is 1. The molecule has 0 aromatic carbocycles. The van der Waals surface area contributed by atoms with Gasteiger partial charge in [0.25, 0.3) is 0 Å². The lowest BCUT2D eigenvalue weighted by Gasteiger charge is -2.36. The lowest BCUT2D eigenvalue weighted by molar-refractivity contribution is -0.141. The first-order valence-corrected chi connectivity index (χ1v) is 8.29. The maximum absolute atomic E-state index is 12.2. The van der Waals surface area contributed by atoms with Gasteiger partial charge in [0, 0.05) is 32.1 Å². The van der Waals surface area contributed by atoms with Crippen molar-refractivity contribution in [3.63, 3.8) is 0 Å². The van der Waals surface area contributed by atoms with E-state index in [1.165, 1.54) is 12.8 Å². The third-order valence-electron chi connectivity index (χ3n) is 3.94. The number of morpholine rings is 1. The summed E-state index contributed by atoms with van der Waals surface area (Å²) in [6.45, 7) is 15.0. The van der Waals surface area contributed by atoms with Crippen molar-refractivity contribution in [3.8, 4) is 0 Å². The summed E-state index contributed by atoms with van der Waals surface area (Å²) in [4.78, 5) is 16.5. The van der Waals surface area contributed by atoms with E-state index in [0.29, 0.717) is 6.54 Å². The molecule has 4 nitrogen and oxygen atoms in total. The van der Waals surface area contributed by atoms with Crippen LogP contribution in [0.15, 0.2) is 0 Å².